The third kappa shape index (κ3) is 2.30. The van der Waals surface area contributed by atoms with Gasteiger partial charge in [0.05, 0.1) is 10.5 Å². The van der Waals surface area contributed by atoms with Gasteiger partial charge in [-0.3, -0.25) is 4.98 Å². The summed E-state index contributed by atoms with van der Waals surface area (Å²) in [5.41, 5.74) is 1.92. The van der Waals surface area contributed by atoms with E-state index in [-0.39, 0.29) is 0 Å². The van der Waals surface area contributed by atoms with E-state index in [0.717, 1.165) is 34.0 Å². The van der Waals surface area contributed by atoms with Gasteiger partial charge < -0.3 is 5.32 Å². The molecule has 16 heavy (non-hydrogen) atoms. The summed E-state index contributed by atoms with van der Waals surface area (Å²) in [4.78, 5) is 4.30. The average molecular weight is 300 g/mol. The number of hydrogen-bond acceptors (Lipinski definition) is 2. The van der Waals surface area contributed by atoms with Gasteiger partial charge in [0.1, 0.15) is 0 Å². The maximum absolute atomic E-state index is 6.15. The third-order valence-corrected chi connectivity index (χ3v) is 3.07. The highest BCUT2D eigenvalue weighted by Gasteiger charge is 2.06. The Bertz CT molecular complexity index is 514. The zero-order chi connectivity index (χ0) is 11.5. The summed E-state index contributed by atoms with van der Waals surface area (Å²) in [5.74, 6) is 0. The average Bonchev–Trinajstić information content (AvgIpc) is 2.26. The lowest BCUT2D eigenvalue weighted by molar-refractivity contribution is 0.981. The Morgan fingerprint density at radius 2 is 2.25 bits per heavy atom. The Labute approximate surface area is 108 Å². The molecule has 0 saturated carbocycles. The molecule has 84 valence electrons. The smallest absolute Gasteiger partial charge is 0.0909 e. The lowest BCUT2D eigenvalue weighted by Gasteiger charge is -2.09. The number of anilines is 1. The molecule has 0 bridgehead atoms. The van der Waals surface area contributed by atoms with Gasteiger partial charge in [0.25, 0.3) is 0 Å². The fourth-order valence-corrected chi connectivity index (χ4v) is 2.45. The highest BCUT2D eigenvalue weighted by Crippen LogP contribution is 2.30. The molecule has 0 aliphatic rings. The maximum atomic E-state index is 6.15. The molecule has 0 radical (unpaired) electrons. The predicted octanol–water partition coefficient (Wildman–Crippen LogP) is 4.47. The molecule has 1 N–H and O–H groups in total. The summed E-state index contributed by atoms with van der Waals surface area (Å²) in [6, 6.07) is 5.87. The molecule has 0 saturated heterocycles. The van der Waals surface area contributed by atoms with Gasteiger partial charge >= 0.3 is 0 Å². The minimum Gasteiger partial charge on any atom is -0.384 e. The second-order valence-corrected chi connectivity index (χ2v) is 4.89. The number of rotatable bonds is 3. The second kappa shape index (κ2) is 5.02. The summed E-state index contributed by atoms with van der Waals surface area (Å²) < 4.78 is 0.970. The molecule has 1 aromatic carbocycles. The van der Waals surface area contributed by atoms with Crippen molar-refractivity contribution >= 4 is 44.1 Å². The Morgan fingerprint density at radius 3 is 3.00 bits per heavy atom. The molecular formula is C12H12BrClN2. The molecule has 2 aromatic rings. The van der Waals surface area contributed by atoms with Crippen LogP contribution < -0.4 is 5.32 Å². The number of nitrogens with zero attached hydrogens (tertiary/aromatic N) is 1. The van der Waals surface area contributed by atoms with Gasteiger partial charge in [-0.05, 0) is 24.6 Å². The van der Waals surface area contributed by atoms with Crippen molar-refractivity contribution in [3.63, 3.8) is 0 Å². The van der Waals surface area contributed by atoms with Crippen molar-refractivity contribution in [2.24, 2.45) is 0 Å². The van der Waals surface area contributed by atoms with Gasteiger partial charge in [-0.15, -0.1) is 0 Å². The molecule has 1 heterocycles. The van der Waals surface area contributed by atoms with E-state index in [1.54, 1.807) is 6.20 Å². The Balaban J connectivity index is 2.57. The van der Waals surface area contributed by atoms with E-state index < -0.39 is 0 Å². The van der Waals surface area contributed by atoms with Crippen LogP contribution in [-0.4, -0.2) is 11.5 Å². The zero-order valence-corrected chi connectivity index (χ0v) is 11.3. The van der Waals surface area contributed by atoms with E-state index in [0.29, 0.717) is 5.02 Å². The summed E-state index contributed by atoms with van der Waals surface area (Å²) in [6.45, 7) is 3.09. The largest absolute Gasteiger partial charge is 0.384 e. The van der Waals surface area contributed by atoms with Gasteiger partial charge in [-0.1, -0.05) is 34.5 Å². The first kappa shape index (κ1) is 11.7. The van der Waals surface area contributed by atoms with Crippen LogP contribution in [0.1, 0.15) is 13.3 Å². The molecule has 0 spiro atoms. The first-order chi connectivity index (χ1) is 7.72. The van der Waals surface area contributed by atoms with E-state index in [2.05, 4.69) is 33.2 Å². The number of halogens is 2. The van der Waals surface area contributed by atoms with Gasteiger partial charge in [0.2, 0.25) is 0 Å². The Morgan fingerprint density at radius 1 is 1.44 bits per heavy atom. The molecule has 2 nitrogen and oxygen atoms in total. The maximum Gasteiger partial charge on any atom is 0.0909 e. The van der Waals surface area contributed by atoms with E-state index in [9.17, 15) is 0 Å². The first-order valence-corrected chi connectivity index (χ1v) is 6.37. The van der Waals surface area contributed by atoms with Crippen LogP contribution in [0.4, 0.5) is 5.69 Å². The van der Waals surface area contributed by atoms with Crippen molar-refractivity contribution in [3.8, 4) is 0 Å². The van der Waals surface area contributed by atoms with E-state index >= 15 is 0 Å². The van der Waals surface area contributed by atoms with E-state index in [1.165, 1.54) is 0 Å². The fraction of sp³-hybridized carbons (Fsp3) is 0.250. The number of benzene rings is 1. The van der Waals surface area contributed by atoms with Crippen molar-refractivity contribution in [2.45, 2.75) is 13.3 Å². The molecule has 0 unspecified atom stereocenters. The summed E-state index contributed by atoms with van der Waals surface area (Å²) in [5, 5.41) is 5.09. The van der Waals surface area contributed by atoms with Crippen LogP contribution in [0.2, 0.25) is 5.02 Å². The lowest BCUT2D eigenvalue weighted by Crippen LogP contribution is -2.00. The van der Waals surface area contributed by atoms with Gasteiger partial charge in [0.15, 0.2) is 0 Å². The van der Waals surface area contributed by atoms with Gasteiger partial charge in [-0.25, -0.2) is 0 Å². The second-order valence-electron chi connectivity index (χ2n) is 3.57. The normalized spacial score (nSPS) is 10.7. The lowest BCUT2D eigenvalue weighted by atomic mass is 10.2. The zero-order valence-electron chi connectivity index (χ0n) is 8.93. The molecule has 2 rings (SSSR count). The number of hydrogen-bond donors (Lipinski definition) is 1. The Kier molecular flexibility index (Phi) is 3.66. The van der Waals surface area contributed by atoms with Crippen LogP contribution >= 0.6 is 27.5 Å². The summed E-state index contributed by atoms with van der Waals surface area (Å²) in [7, 11) is 0. The van der Waals surface area contributed by atoms with Gasteiger partial charge in [-0.2, -0.15) is 0 Å². The third-order valence-electron chi connectivity index (χ3n) is 2.33. The number of pyridine rings is 1. The van der Waals surface area contributed by atoms with Crippen LogP contribution in [0.15, 0.2) is 28.9 Å². The number of nitrogens with one attached hydrogen (secondary N) is 1. The fourth-order valence-electron chi connectivity index (χ4n) is 1.59. The molecular weight excluding hydrogens is 288 g/mol. The van der Waals surface area contributed by atoms with Gasteiger partial charge in [0, 0.05) is 28.3 Å². The molecule has 0 atom stereocenters. The van der Waals surface area contributed by atoms with Crippen molar-refractivity contribution in [2.75, 3.05) is 11.9 Å². The number of aromatic nitrogens is 1. The number of fused-ring (bicyclic) bond motifs is 1. The van der Waals surface area contributed by atoms with Crippen molar-refractivity contribution in [1.82, 2.24) is 4.98 Å². The minimum atomic E-state index is 0.671. The van der Waals surface area contributed by atoms with E-state index in [1.807, 2.05) is 18.2 Å². The molecule has 0 fully saturated rings. The van der Waals surface area contributed by atoms with Crippen molar-refractivity contribution < 1.29 is 0 Å². The van der Waals surface area contributed by atoms with Crippen LogP contribution in [0.5, 0.6) is 0 Å². The topological polar surface area (TPSA) is 24.9 Å². The highest BCUT2D eigenvalue weighted by molar-refractivity contribution is 9.10. The monoisotopic (exact) mass is 298 g/mol. The van der Waals surface area contributed by atoms with Crippen LogP contribution in [0, 0.1) is 0 Å². The SMILES string of the molecule is CCCNc1ccnc2c(Cl)cc(Br)cc12. The molecule has 0 aliphatic heterocycles. The van der Waals surface area contributed by atoms with Crippen LogP contribution in [-0.2, 0) is 0 Å². The summed E-state index contributed by atoms with van der Waals surface area (Å²) >= 11 is 9.59. The first-order valence-electron chi connectivity index (χ1n) is 5.20. The molecule has 4 heteroatoms. The molecule has 1 aromatic heterocycles. The van der Waals surface area contributed by atoms with Crippen LogP contribution in [0.25, 0.3) is 10.9 Å². The minimum absolute atomic E-state index is 0.671. The summed E-state index contributed by atoms with van der Waals surface area (Å²) in [6.07, 6.45) is 2.87. The standard InChI is InChI=1S/C12H12BrClN2/c1-2-4-15-11-3-5-16-12-9(11)6-8(13)7-10(12)14/h3,5-7H,2,4H2,1H3,(H,15,16). The van der Waals surface area contributed by atoms with E-state index in [4.69, 9.17) is 11.6 Å². The molecule has 0 aliphatic carbocycles. The quantitative estimate of drug-likeness (QED) is 0.904. The molecule has 0 amide bonds. The Hall–Kier alpha value is -0.800. The predicted molar refractivity (Wildman–Crippen MR) is 73.2 cm³/mol. The van der Waals surface area contributed by atoms with Crippen molar-refractivity contribution in [1.29, 1.82) is 0 Å². The van der Waals surface area contributed by atoms with Crippen molar-refractivity contribution in [3.05, 3.63) is 33.9 Å². The highest BCUT2D eigenvalue weighted by atomic mass is 79.9. The van der Waals surface area contributed by atoms with Crippen LogP contribution in [0.3, 0.4) is 0 Å².